The highest BCUT2D eigenvalue weighted by molar-refractivity contribution is 8.93. The maximum atomic E-state index is 12.0. The number of aliphatic imine (C=N–C) groups is 1. The molecule has 2 aliphatic rings. The van der Waals surface area contributed by atoms with Crippen LogP contribution in [-0.2, 0) is 4.79 Å². The molecule has 0 radical (unpaired) electrons. The third-order valence-electron chi connectivity index (χ3n) is 5.78. The molecule has 0 bridgehead atoms. The van der Waals surface area contributed by atoms with E-state index in [-0.39, 0.29) is 23.1 Å². The van der Waals surface area contributed by atoms with Gasteiger partial charge in [0.05, 0.1) is 6.04 Å². The number of anilines is 1. The summed E-state index contributed by atoms with van der Waals surface area (Å²) in [5.74, 6) is 2.37. The molecule has 1 saturated carbocycles. The Balaban J connectivity index is 0.00000272. The zero-order chi connectivity index (χ0) is 20.8. The summed E-state index contributed by atoms with van der Waals surface area (Å²) in [5.41, 5.74) is 0.860. The van der Waals surface area contributed by atoms with Crippen molar-refractivity contribution in [2.45, 2.75) is 50.7 Å². The quantitative estimate of drug-likeness (QED) is 0.352. The van der Waals surface area contributed by atoms with Crippen LogP contribution in [0.5, 0.6) is 11.5 Å². The smallest absolute Gasteiger partial charge is 0.215 e. The highest BCUT2D eigenvalue weighted by Crippen LogP contribution is 2.31. The zero-order valence-corrected chi connectivity index (χ0v) is 20.4. The fourth-order valence-electron chi connectivity index (χ4n) is 4.04. The molecule has 1 amide bonds. The minimum absolute atomic E-state index is 0. The van der Waals surface area contributed by atoms with Gasteiger partial charge < -0.3 is 9.64 Å². The van der Waals surface area contributed by atoms with E-state index in [9.17, 15) is 4.79 Å². The Morgan fingerprint density at radius 2 is 1.65 bits per heavy atom. The Morgan fingerprint density at radius 3 is 2.29 bits per heavy atom. The van der Waals surface area contributed by atoms with Crippen LogP contribution < -0.4 is 9.64 Å². The lowest BCUT2D eigenvalue weighted by atomic mass is 10.1. The number of amides is 1. The molecule has 5 nitrogen and oxygen atoms in total. The van der Waals surface area contributed by atoms with Crippen LogP contribution in [-0.4, -0.2) is 41.5 Å². The molecule has 166 valence electrons. The third kappa shape index (κ3) is 6.04. The number of ether oxygens (including phenoxy) is 1. The van der Waals surface area contributed by atoms with Crippen LogP contribution in [0.3, 0.4) is 0 Å². The topological polar surface area (TPSA) is 45.1 Å². The van der Waals surface area contributed by atoms with Crippen LogP contribution in [0.2, 0.25) is 0 Å². The van der Waals surface area contributed by atoms with Gasteiger partial charge in [-0.05, 0) is 49.2 Å². The molecule has 2 aromatic carbocycles. The molecule has 1 atom stereocenters. The van der Waals surface area contributed by atoms with Gasteiger partial charge in [0.1, 0.15) is 17.7 Å². The molecule has 7 heteroatoms. The van der Waals surface area contributed by atoms with Crippen molar-refractivity contribution in [2.24, 2.45) is 4.99 Å². The van der Waals surface area contributed by atoms with Crippen molar-refractivity contribution in [2.75, 3.05) is 17.7 Å². The standard InChI is InChI=1S/C24H29N3O2S.BrH/c1-26-23(17-30-24(26)25-19-9-5-2-3-6-10-19)27(18-28)20-13-15-22(16-14-20)29-21-11-7-4-8-12-21;/h4,7-8,11-16,18-19,23H,2-3,5-6,9-10,17H2,1H3;1H. The van der Waals surface area contributed by atoms with Gasteiger partial charge in [-0.25, -0.2) is 0 Å². The van der Waals surface area contributed by atoms with E-state index in [1.54, 1.807) is 16.7 Å². The second kappa shape index (κ2) is 11.6. The summed E-state index contributed by atoms with van der Waals surface area (Å²) in [4.78, 5) is 21.0. The van der Waals surface area contributed by atoms with Crippen LogP contribution in [0, 0.1) is 0 Å². The summed E-state index contributed by atoms with van der Waals surface area (Å²) >= 11 is 1.75. The first-order valence-corrected chi connectivity index (χ1v) is 11.7. The lowest BCUT2D eigenvalue weighted by Gasteiger charge is -2.30. The van der Waals surface area contributed by atoms with Crippen LogP contribution >= 0.6 is 28.7 Å². The van der Waals surface area contributed by atoms with Crippen molar-refractivity contribution in [1.29, 1.82) is 0 Å². The summed E-state index contributed by atoms with van der Waals surface area (Å²) in [6, 6.07) is 17.8. The van der Waals surface area contributed by atoms with Gasteiger partial charge in [-0.1, -0.05) is 55.6 Å². The average Bonchev–Trinajstić information content (AvgIpc) is 2.96. The molecular weight excluding hydrogens is 474 g/mol. The Bertz CT molecular complexity index is 855. The molecule has 1 saturated heterocycles. The monoisotopic (exact) mass is 503 g/mol. The van der Waals surface area contributed by atoms with E-state index in [0.717, 1.165) is 34.5 Å². The average molecular weight is 504 g/mol. The van der Waals surface area contributed by atoms with Crippen LogP contribution in [0.1, 0.15) is 38.5 Å². The molecule has 4 rings (SSSR count). The Hall–Kier alpha value is -1.99. The molecule has 0 N–H and O–H groups in total. The molecule has 31 heavy (non-hydrogen) atoms. The van der Waals surface area contributed by atoms with Crippen molar-refractivity contribution in [3.8, 4) is 11.5 Å². The van der Waals surface area contributed by atoms with Gasteiger partial charge in [-0.2, -0.15) is 0 Å². The molecule has 2 aromatic rings. The second-order valence-electron chi connectivity index (χ2n) is 7.88. The van der Waals surface area contributed by atoms with Gasteiger partial charge in [0.15, 0.2) is 5.17 Å². The van der Waals surface area contributed by atoms with Crippen LogP contribution in [0.15, 0.2) is 59.6 Å². The molecule has 0 aromatic heterocycles. The predicted molar refractivity (Wildman–Crippen MR) is 135 cm³/mol. The number of hydrogen-bond acceptors (Lipinski definition) is 4. The lowest BCUT2D eigenvalue weighted by Crippen LogP contribution is -2.45. The fourth-order valence-corrected chi connectivity index (χ4v) is 5.27. The third-order valence-corrected chi connectivity index (χ3v) is 6.89. The van der Waals surface area contributed by atoms with E-state index in [2.05, 4.69) is 4.90 Å². The number of halogens is 1. The van der Waals surface area contributed by atoms with Gasteiger partial charge in [-0.15, -0.1) is 17.0 Å². The van der Waals surface area contributed by atoms with Gasteiger partial charge in [-0.3, -0.25) is 14.7 Å². The Labute approximate surface area is 199 Å². The van der Waals surface area contributed by atoms with E-state index in [0.29, 0.717) is 6.04 Å². The molecule has 1 aliphatic heterocycles. The highest BCUT2D eigenvalue weighted by Gasteiger charge is 2.33. The summed E-state index contributed by atoms with van der Waals surface area (Å²) in [6.07, 6.45) is 8.47. The highest BCUT2D eigenvalue weighted by atomic mass is 79.9. The van der Waals surface area contributed by atoms with Crippen LogP contribution in [0.4, 0.5) is 5.69 Å². The van der Waals surface area contributed by atoms with Crippen molar-refractivity contribution in [1.82, 2.24) is 4.90 Å². The predicted octanol–water partition coefficient (Wildman–Crippen LogP) is 6.10. The van der Waals surface area contributed by atoms with Gasteiger partial charge in [0.2, 0.25) is 6.41 Å². The number of thioether (sulfide) groups is 1. The number of carbonyl (C=O) groups is 1. The summed E-state index contributed by atoms with van der Waals surface area (Å²) in [7, 11) is 2.05. The molecule has 0 spiro atoms. The summed E-state index contributed by atoms with van der Waals surface area (Å²) in [5, 5.41) is 1.06. The lowest BCUT2D eigenvalue weighted by molar-refractivity contribution is -0.108. The van der Waals surface area contributed by atoms with Crippen molar-refractivity contribution >= 4 is 46.0 Å². The first-order valence-electron chi connectivity index (χ1n) is 10.7. The molecular formula is C24H30BrN3O2S. The first kappa shape index (κ1) is 23.7. The Kier molecular flexibility index (Phi) is 8.84. The number of rotatable bonds is 6. The van der Waals surface area contributed by atoms with Crippen molar-refractivity contribution < 1.29 is 9.53 Å². The number of carbonyl (C=O) groups excluding carboxylic acids is 1. The maximum Gasteiger partial charge on any atom is 0.215 e. The van der Waals surface area contributed by atoms with Gasteiger partial charge >= 0.3 is 0 Å². The largest absolute Gasteiger partial charge is 0.457 e. The summed E-state index contributed by atoms with van der Waals surface area (Å²) < 4.78 is 5.86. The SMILES string of the molecule is Br.CN1C(=NC2CCCCCC2)SCC1N(C=O)c1ccc(Oc2ccccc2)cc1. The molecule has 1 aliphatic carbocycles. The van der Waals surface area contributed by atoms with Crippen molar-refractivity contribution in [3.63, 3.8) is 0 Å². The number of amidine groups is 1. The van der Waals surface area contributed by atoms with E-state index in [1.165, 1.54) is 38.5 Å². The van der Waals surface area contributed by atoms with Gasteiger partial charge in [0.25, 0.3) is 0 Å². The van der Waals surface area contributed by atoms with E-state index >= 15 is 0 Å². The second-order valence-corrected chi connectivity index (χ2v) is 8.87. The fraction of sp³-hybridized carbons (Fsp3) is 0.417. The van der Waals surface area contributed by atoms with E-state index in [4.69, 9.17) is 9.73 Å². The van der Waals surface area contributed by atoms with E-state index in [1.807, 2.05) is 61.6 Å². The normalized spacial score (nSPS) is 20.7. The van der Waals surface area contributed by atoms with Gasteiger partial charge in [0, 0.05) is 18.5 Å². The summed E-state index contributed by atoms with van der Waals surface area (Å²) in [6.45, 7) is 0. The number of hydrogen-bond donors (Lipinski definition) is 0. The molecule has 1 unspecified atom stereocenters. The van der Waals surface area contributed by atoms with Crippen molar-refractivity contribution in [3.05, 3.63) is 54.6 Å². The van der Waals surface area contributed by atoms with E-state index < -0.39 is 0 Å². The minimum atomic E-state index is -0.0297. The maximum absolute atomic E-state index is 12.0. The zero-order valence-electron chi connectivity index (χ0n) is 17.9. The molecule has 2 fully saturated rings. The first-order chi connectivity index (χ1) is 14.7. The number of nitrogens with zero attached hydrogens (tertiary/aromatic N) is 3. The van der Waals surface area contributed by atoms with Crippen LogP contribution in [0.25, 0.3) is 0 Å². The minimum Gasteiger partial charge on any atom is -0.457 e. The number of para-hydroxylation sites is 1. The number of benzene rings is 2. The molecule has 1 heterocycles. The Morgan fingerprint density at radius 1 is 1.00 bits per heavy atom.